The SMILES string of the molecule is CCCN(CC)c1ccc(CCN)cc1C. The lowest BCUT2D eigenvalue weighted by Gasteiger charge is -2.24. The Kier molecular flexibility index (Phi) is 5.33. The molecule has 90 valence electrons. The molecule has 1 aromatic rings. The van der Waals surface area contributed by atoms with Crippen LogP contribution in [-0.4, -0.2) is 19.6 Å². The van der Waals surface area contributed by atoms with Crippen molar-refractivity contribution >= 4 is 5.69 Å². The van der Waals surface area contributed by atoms with E-state index >= 15 is 0 Å². The van der Waals surface area contributed by atoms with E-state index in [0.29, 0.717) is 0 Å². The second-order valence-electron chi connectivity index (χ2n) is 4.24. The van der Waals surface area contributed by atoms with Crippen molar-refractivity contribution in [3.63, 3.8) is 0 Å². The van der Waals surface area contributed by atoms with E-state index in [4.69, 9.17) is 5.73 Å². The van der Waals surface area contributed by atoms with Gasteiger partial charge in [-0.2, -0.15) is 0 Å². The highest BCUT2D eigenvalue weighted by Crippen LogP contribution is 2.21. The maximum Gasteiger partial charge on any atom is 0.0396 e. The van der Waals surface area contributed by atoms with Crippen molar-refractivity contribution in [1.82, 2.24) is 0 Å². The zero-order valence-corrected chi connectivity index (χ0v) is 10.8. The maximum absolute atomic E-state index is 5.57. The lowest BCUT2D eigenvalue weighted by atomic mass is 10.1. The molecule has 0 saturated carbocycles. The van der Waals surface area contributed by atoms with Gasteiger partial charge in [-0.05, 0) is 50.4 Å². The summed E-state index contributed by atoms with van der Waals surface area (Å²) in [6.07, 6.45) is 2.17. The highest BCUT2D eigenvalue weighted by atomic mass is 15.1. The minimum atomic E-state index is 0.727. The molecular weight excluding hydrogens is 196 g/mol. The molecule has 0 unspecified atom stereocenters. The molecular formula is C14H24N2. The fourth-order valence-corrected chi connectivity index (χ4v) is 2.11. The van der Waals surface area contributed by atoms with Crippen LogP contribution in [0.25, 0.3) is 0 Å². The second kappa shape index (κ2) is 6.54. The first-order valence-electron chi connectivity index (χ1n) is 6.27. The minimum absolute atomic E-state index is 0.727. The standard InChI is InChI=1S/C14H24N2/c1-4-10-16(5-2)14-7-6-13(8-9-15)11-12(14)3/h6-7,11H,4-5,8-10,15H2,1-3H3. The van der Waals surface area contributed by atoms with E-state index in [9.17, 15) is 0 Å². The van der Waals surface area contributed by atoms with Crippen molar-refractivity contribution < 1.29 is 0 Å². The van der Waals surface area contributed by atoms with Gasteiger partial charge < -0.3 is 10.6 Å². The Morgan fingerprint density at radius 1 is 1.25 bits per heavy atom. The molecule has 0 spiro atoms. The monoisotopic (exact) mass is 220 g/mol. The van der Waals surface area contributed by atoms with E-state index in [1.165, 1.54) is 23.2 Å². The van der Waals surface area contributed by atoms with E-state index in [0.717, 1.165) is 26.1 Å². The van der Waals surface area contributed by atoms with Crippen LogP contribution >= 0.6 is 0 Å². The lowest BCUT2D eigenvalue weighted by Crippen LogP contribution is -2.24. The van der Waals surface area contributed by atoms with Crippen molar-refractivity contribution in [2.45, 2.75) is 33.6 Å². The number of rotatable bonds is 6. The van der Waals surface area contributed by atoms with Crippen LogP contribution in [0.4, 0.5) is 5.69 Å². The summed E-state index contributed by atoms with van der Waals surface area (Å²) in [7, 11) is 0. The van der Waals surface area contributed by atoms with Crippen LogP contribution in [0.5, 0.6) is 0 Å². The van der Waals surface area contributed by atoms with E-state index in [-0.39, 0.29) is 0 Å². The molecule has 0 saturated heterocycles. The molecule has 1 aromatic carbocycles. The van der Waals surface area contributed by atoms with Crippen molar-refractivity contribution in [2.24, 2.45) is 5.73 Å². The first-order valence-corrected chi connectivity index (χ1v) is 6.27. The Balaban J connectivity index is 2.87. The molecule has 0 aliphatic carbocycles. The van der Waals surface area contributed by atoms with Crippen LogP contribution in [0.2, 0.25) is 0 Å². The van der Waals surface area contributed by atoms with Crippen molar-refractivity contribution in [1.29, 1.82) is 0 Å². The smallest absolute Gasteiger partial charge is 0.0396 e. The molecule has 0 fully saturated rings. The van der Waals surface area contributed by atoms with Gasteiger partial charge in [-0.25, -0.2) is 0 Å². The first-order chi connectivity index (χ1) is 7.72. The Morgan fingerprint density at radius 3 is 2.50 bits per heavy atom. The summed E-state index contributed by atoms with van der Waals surface area (Å²) in [6, 6.07) is 6.70. The van der Waals surface area contributed by atoms with Crippen molar-refractivity contribution in [3.05, 3.63) is 29.3 Å². The number of aryl methyl sites for hydroxylation is 1. The molecule has 2 nitrogen and oxygen atoms in total. The summed E-state index contributed by atoms with van der Waals surface area (Å²) in [6.45, 7) is 9.56. The second-order valence-corrected chi connectivity index (χ2v) is 4.24. The van der Waals surface area contributed by atoms with Crippen LogP contribution in [0.15, 0.2) is 18.2 Å². The normalized spacial score (nSPS) is 10.5. The third-order valence-electron chi connectivity index (χ3n) is 2.91. The molecule has 2 heteroatoms. The third kappa shape index (κ3) is 3.24. The highest BCUT2D eigenvalue weighted by molar-refractivity contribution is 5.54. The number of anilines is 1. The van der Waals surface area contributed by atoms with Crippen LogP contribution < -0.4 is 10.6 Å². The summed E-state index contributed by atoms with van der Waals surface area (Å²) in [5.41, 5.74) is 9.64. The zero-order chi connectivity index (χ0) is 12.0. The van der Waals surface area contributed by atoms with Gasteiger partial charge in [0.15, 0.2) is 0 Å². The van der Waals surface area contributed by atoms with Gasteiger partial charge in [0.05, 0.1) is 0 Å². The zero-order valence-electron chi connectivity index (χ0n) is 10.8. The van der Waals surface area contributed by atoms with Gasteiger partial charge in [-0.1, -0.05) is 19.1 Å². The van der Waals surface area contributed by atoms with E-state index < -0.39 is 0 Å². The molecule has 1 rings (SSSR count). The van der Waals surface area contributed by atoms with E-state index in [1.54, 1.807) is 0 Å². The van der Waals surface area contributed by atoms with Crippen LogP contribution in [0.3, 0.4) is 0 Å². The van der Waals surface area contributed by atoms with Gasteiger partial charge in [-0.3, -0.25) is 0 Å². The quantitative estimate of drug-likeness (QED) is 0.798. The summed E-state index contributed by atoms with van der Waals surface area (Å²) < 4.78 is 0. The van der Waals surface area contributed by atoms with Gasteiger partial charge in [0.25, 0.3) is 0 Å². The van der Waals surface area contributed by atoms with Crippen molar-refractivity contribution in [3.8, 4) is 0 Å². The Morgan fingerprint density at radius 2 is 2.00 bits per heavy atom. The minimum Gasteiger partial charge on any atom is -0.372 e. The molecule has 0 aromatic heterocycles. The van der Waals surface area contributed by atoms with Gasteiger partial charge in [0.1, 0.15) is 0 Å². The van der Waals surface area contributed by atoms with Gasteiger partial charge >= 0.3 is 0 Å². The Hall–Kier alpha value is -1.02. The molecule has 0 aliphatic heterocycles. The molecule has 0 bridgehead atoms. The van der Waals surface area contributed by atoms with Gasteiger partial charge in [-0.15, -0.1) is 0 Å². The fourth-order valence-electron chi connectivity index (χ4n) is 2.11. The maximum atomic E-state index is 5.57. The number of nitrogens with zero attached hydrogens (tertiary/aromatic N) is 1. The molecule has 2 N–H and O–H groups in total. The highest BCUT2D eigenvalue weighted by Gasteiger charge is 2.06. The average Bonchev–Trinajstić information content (AvgIpc) is 2.27. The van der Waals surface area contributed by atoms with Crippen molar-refractivity contribution in [2.75, 3.05) is 24.5 Å². The summed E-state index contributed by atoms with van der Waals surface area (Å²) in [4.78, 5) is 2.43. The van der Waals surface area contributed by atoms with Gasteiger partial charge in [0.2, 0.25) is 0 Å². The van der Waals surface area contributed by atoms with Crippen LogP contribution in [0.1, 0.15) is 31.4 Å². The van der Waals surface area contributed by atoms with Crippen LogP contribution in [-0.2, 0) is 6.42 Å². The first kappa shape index (κ1) is 13.0. The predicted molar refractivity (Wildman–Crippen MR) is 72.1 cm³/mol. The summed E-state index contributed by atoms with van der Waals surface area (Å²) >= 11 is 0. The molecule has 0 aliphatic rings. The average molecular weight is 220 g/mol. The largest absolute Gasteiger partial charge is 0.372 e. The number of hydrogen-bond donors (Lipinski definition) is 1. The molecule has 0 radical (unpaired) electrons. The Bertz CT molecular complexity index is 321. The lowest BCUT2D eigenvalue weighted by molar-refractivity contribution is 0.788. The molecule has 0 amide bonds. The number of benzene rings is 1. The topological polar surface area (TPSA) is 29.3 Å². The van der Waals surface area contributed by atoms with E-state index in [1.807, 2.05) is 0 Å². The molecule has 0 atom stereocenters. The summed E-state index contributed by atoms with van der Waals surface area (Å²) in [5.74, 6) is 0. The summed E-state index contributed by atoms with van der Waals surface area (Å²) in [5, 5.41) is 0. The number of hydrogen-bond acceptors (Lipinski definition) is 2. The number of nitrogens with two attached hydrogens (primary N) is 1. The predicted octanol–water partition coefficient (Wildman–Crippen LogP) is 2.73. The molecule has 16 heavy (non-hydrogen) atoms. The fraction of sp³-hybridized carbons (Fsp3) is 0.571. The molecule has 0 heterocycles. The van der Waals surface area contributed by atoms with E-state index in [2.05, 4.69) is 43.9 Å². The van der Waals surface area contributed by atoms with Crippen LogP contribution in [0, 0.1) is 6.92 Å². The van der Waals surface area contributed by atoms with Gasteiger partial charge in [0, 0.05) is 18.8 Å². The Labute approximate surface area is 99.5 Å². The third-order valence-corrected chi connectivity index (χ3v) is 2.91.